The number of ether oxygens (including phenoxy) is 2. The molecule has 0 spiro atoms. The smallest absolute Gasteiger partial charge is 0.416 e. The summed E-state index contributed by atoms with van der Waals surface area (Å²) in [6.07, 6.45) is -2.05. The van der Waals surface area contributed by atoms with Crippen molar-refractivity contribution < 1.29 is 27.4 Å². The number of rotatable bonds is 4. The number of nitrogens with zero attached hydrogens (tertiary/aromatic N) is 2. The van der Waals surface area contributed by atoms with Crippen molar-refractivity contribution in [1.29, 1.82) is 0 Å². The van der Waals surface area contributed by atoms with E-state index in [-0.39, 0.29) is 18.2 Å². The van der Waals surface area contributed by atoms with Crippen molar-refractivity contribution in [2.45, 2.75) is 12.8 Å². The third-order valence-electron chi connectivity index (χ3n) is 2.66. The lowest BCUT2D eigenvalue weighted by Gasteiger charge is -2.09. The Bertz CT molecular complexity index is 657. The van der Waals surface area contributed by atoms with Gasteiger partial charge in [0.2, 0.25) is 5.88 Å². The lowest BCUT2D eigenvalue weighted by molar-refractivity contribution is -0.137. The van der Waals surface area contributed by atoms with Crippen LogP contribution in [-0.2, 0) is 17.5 Å². The molecule has 5 nitrogen and oxygen atoms in total. The summed E-state index contributed by atoms with van der Waals surface area (Å²) in [5.41, 5.74) is -0.400. The van der Waals surface area contributed by atoms with Gasteiger partial charge in [-0.05, 0) is 17.7 Å². The van der Waals surface area contributed by atoms with E-state index in [9.17, 15) is 18.0 Å². The number of benzene rings is 1. The van der Waals surface area contributed by atoms with Crippen molar-refractivity contribution in [3.63, 3.8) is 0 Å². The molecule has 0 N–H and O–H groups in total. The van der Waals surface area contributed by atoms with Crippen LogP contribution in [0.15, 0.2) is 36.7 Å². The largest absolute Gasteiger partial charge is 0.472 e. The summed E-state index contributed by atoms with van der Waals surface area (Å²) in [6.45, 7) is -0.101. The number of aromatic nitrogens is 2. The quantitative estimate of drug-likeness (QED) is 0.812. The third-order valence-corrected chi connectivity index (χ3v) is 2.66. The maximum Gasteiger partial charge on any atom is 0.416 e. The van der Waals surface area contributed by atoms with Gasteiger partial charge in [-0.2, -0.15) is 13.2 Å². The number of halogens is 3. The molecule has 2 rings (SSSR count). The fraction of sp³-hybridized carbons (Fsp3) is 0.214. The molecule has 0 unspecified atom stereocenters. The molecule has 0 saturated heterocycles. The van der Waals surface area contributed by atoms with Gasteiger partial charge in [0.25, 0.3) is 0 Å². The highest BCUT2D eigenvalue weighted by atomic mass is 19.4. The summed E-state index contributed by atoms with van der Waals surface area (Å²) in [6, 6.07) is 4.78. The summed E-state index contributed by atoms with van der Waals surface area (Å²) in [7, 11) is 1.21. The Balaban J connectivity index is 2.03. The van der Waals surface area contributed by atoms with Crippen molar-refractivity contribution in [2.24, 2.45) is 0 Å². The Kier molecular flexibility index (Phi) is 4.59. The number of methoxy groups -OCH3 is 1. The summed E-state index contributed by atoms with van der Waals surface area (Å²) >= 11 is 0. The Morgan fingerprint density at radius 2 is 2.00 bits per heavy atom. The van der Waals surface area contributed by atoms with Gasteiger partial charge in [-0.15, -0.1) is 0 Å². The van der Waals surface area contributed by atoms with E-state index in [0.717, 1.165) is 18.3 Å². The van der Waals surface area contributed by atoms with E-state index in [2.05, 4.69) is 14.7 Å². The van der Waals surface area contributed by atoms with Gasteiger partial charge in [0.1, 0.15) is 6.61 Å². The maximum atomic E-state index is 12.6. The fourth-order valence-electron chi connectivity index (χ4n) is 1.60. The molecule has 0 fully saturated rings. The third kappa shape index (κ3) is 3.94. The predicted octanol–water partition coefficient (Wildman–Crippen LogP) is 2.86. The average Bonchev–Trinajstić information content (AvgIpc) is 2.52. The molecule has 0 radical (unpaired) electrons. The maximum absolute atomic E-state index is 12.6. The normalized spacial score (nSPS) is 11.1. The second kappa shape index (κ2) is 6.42. The lowest BCUT2D eigenvalue weighted by Crippen LogP contribution is -2.07. The number of carbonyl (C=O) groups is 1. The Morgan fingerprint density at radius 3 is 2.59 bits per heavy atom. The van der Waals surface area contributed by atoms with Crippen LogP contribution in [0.25, 0.3) is 0 Å². The van der Waals surface area contributed by atoms with E-state index in [1.807, 2.05) is 0 Å². The Morgan fingerprint density at radius 1 is 1.23 bits per heavy atom. The number of esters is 1. The second-order valence-electron chi connectivity index (χ2n) is 4.22. The van der Waals surface area contributed by atoms with Crippen LogP contribution >= 0.6 is 0 Å². The van der Waals surface area contributed by atoms with Gasteiger partial charge >= 0.3 is 12.1 Å². The molecular weight excluding hydrogens is 301 g/mol. The molecular formula is C14H11F3N2O3. The molecule has 22 heavy (non-hydrogen) atoms. The van der Waals surface area contributed by atoms with Crippen LogP contribution in [0.3, 0.4) is 0 Å². The van der Waals surface area contributed by atoms with Crippen LogP contribution in [0.1, 0.15) is 21.6 Å². The van der Waals surface area contributed by atoms with Gasteiger partial charge in [-0.25, -0.2) is 14.8 Å². The van der Waals surface area contributed by atoms with Crippen molar-refractivity contribution in [3.8, 4) is 5.88 Å². The van der Waals surface area contributed by atoms with Crippen LogP contribution in [-0.4, -0.2) is 23.0 Å². The molecule has 0 saturated carbocycles. The molecule has 0 atom stereocenters. The predicted molar refractivity (Wildman–Crippen MR) is 69.1 cm³/mol. The first-order chi connectivity index (χ1) is 10.4. The topological polar surface area (TPSA) is 61.3 Å². The highest BCUT2D eigenvalue weighted by Gasteiger charge is 2.30. The van der Waals surface area contributed by atoms with Crippen molar-refractivity contribution in [2.75, 3.05) is 7.11 Å². The number of hydrogen-bond donors (Lipinski definition) is 0. The van der Waals surface area contributed by atoms with E-state index in [1.165, 1.54) is 25.4 Å². The van der Waals surface area contributed by atoms with Crippen LogP contribution in [0.5, 0.6) is 5.88 Å². The molecule has 0 aliphatic rings. The first-order valence-corrected chi connectivity index (χ1v) is 6.09. The molecule has 8 heteroatoms. The molecule has 1 heterocycles. The zero-order valence-electron chi connectivity index (χ0n) is 11.4. The van der Waals surface area contributed by atoms with Gasteiger partial charge < -0.3 is 9.47 Å². The van der Waals surface area contributed by atoms with Crippen LogP contribution in [0.2, 0.25) is 0 Å². The molecule has 2 aromatic rings. The molecule has 0 aliphatic carbocycles. The van der Waals surface area contributed by atoms with Gasteiger partial charge in [0.15, 0.2) is 5.69 Å². The number of hydrogen-bond acceptors (Lipinski definition) is 5. The minimum atomic E-state index is -4.40. The van der Waals surface area contributed by atoms with Crippen LogP contribution < -0.4 is 4.74 Å². The fourth-order valence-corrected chi connectivity index (χ4v) is 1.60. The molecule has 1 aromatic heterocycles. The molecule has 0 aliphatic heterocycles. The Hall–Kier alpha value is -2.64. The minimum absolute atomic E-state index is 0.00826. The van der Waals surface area contributed by atoms with Crippen LogP contribution in [0, 0.1) is 0 Å². The van der Waals surface area contributed by atoms with Gasteiger partial charge in [0, 0.05) is 0 Å². The molecule has 116 valence electrons. The van der Waals surface area contributed by atoms with E-state index in [1.54, 1.807) is 0 Å². The zero-order valence-corrected chi connectivity index (χ0v) is 11.4. The van der Waals surface area contributed by atoms with E-state index >= 15 is 0 Å². The van der Waals surface area contributed by atoms with Crippen molar-refractivity contribution in [1.82, 2.24) is 9.97 Å². The first-order valence-electron chi connectivity index (χ1n) is 6.09. The second-order valence-corrected chi connectivity index (χ2v) is 4.22. The molecule has 0 amide bonds. The van der Waals surface area contributed by atoms with Gasteiger partial charge in [-0.3, -0.25) is 0 Å². The van der Waals surface area contributed by atoms with E-state index in [4.69, 9.17) is 4.74 Å². The van der Waals surface area contributed by atoms with Crippen molar-refractivity contribution >= 4 is 5.97 Å². The number of carbonyl (C=O) groups excluding carboxylic acids is 1. The summed E-state index contributed by atoms with van der Waals surface area (Å²) in [5.74, 6) is -0.554. The molecule has 1 aromatic carbocycles. The highest BCUT2D eigenvalue weighted by Crippen LogP contribution is 2.29. The van der Waals surface area contributed by atoms with Gasteiger partial charge in [0.05, 0.1) is 25.1 Å². The number of alkyl halides is 3. The molecule has 0 bridgehead atoms. The minimum Gasteiger partial charge on any atom is -0.472 e. The van der Waals surface area contributed by atoms with E-state index in [0.29, 0.717) is 5.56 Å². The SMILES string of the molecule is COC(=O)c1cnc(OCc2cccc(C(F)(F)F)c2)cn1. The van der Waals surface area contributed by atoms with E-state index < -0.39 is 17.7 Å². The zero-order chi connectivity index (χ0) is 16.2. The summed E-state index contributed by atoms with van der Waals surface area (Å²) in [5, 5.41) is 0. The van der Waals surface area contributed by atoms with Crippen molar-refractivity contribution in [3.05, 3.63) is 53.5 Å². The average molecular weight is 312 g/mol. The lowest BCUT2D eigenvalue weighted by atomic mass is 10.1. The summed E-state index contributed by atoms with van der Waals surface area (Å²) in [4.78, 5) is 18.8. The Labute approximate surface area is 123 Å². The van der Waals surface area contributed by atoms with Crippen LogP contribution in [0.4, 0.5) is 13.2 Å². The van der Waals surface area contributed by atoms with Gasteiger partial charge in [-0.1, -0.05) is 12.1 Å². The monoisotopic (exact) mass is 312 g/mol. The summed E-state index contributed by atoms with van der Waals surface area (Å²) < 4.78 is 47.4. The standard InChI is InChI=1S/C14H11F3N2O3/c1-21-13(20)11-6-19-12(7-18-11)22-8-9-3-2-4-10(5-9)14(15,16)17/h2-7H,8H2,1H3. The highest BCUT2D eigenvalue weighted by molar-refractivity contribution is 5.86. The first kappa shape index (κ1) is 15.7.